The molecule has 0 radical (unpaired) electrons. The second-order valence-corrected chi connectivity index (χ2v) is 6.11. The van der Waals surface area contributed by atoms with Crippen molar-refractivity contribution in [3.8, 4) is 0 Å². The van der Waals surface area contributed by atoms with Crippen molar-refractivity contribution in [2.45, 2.75) is 38.8 Å². The molecule has 0 bridgehead atoms. The average molecular weight is 311 g/mol. The number of anilines is 2. The van der Waals surface area contributed by atoms with E-state index in [0.717, 1.165) is 17.8 Å². The van der Waals surface area contributed by atoms with Crippen LogP contribution in [-0.4, -0.2) is 23.2 Å². The molecule has 1 aromatic carbocycles. The lowest BCUT2D eigenvalue weighted by atomic mass is 10.1. The lowest BCUT2D eigenvalue weighted by Crippen LogP contribution is -2.23. The molecule has 0 atom stereocenters. The number of aliphatic hydroxyl groups excluding tert-OH is 1. The highest BCUT2D eigenvalue weighted by atomic mass is 16.3. The van der Waals surface area contributed by atoms with Gasteiger partial charge in [0.1, 0.15) is 0 Å². The molecule has 0 amide bonds. The van der Waals surface area contributed by atoms with E-state index in [1.807, 2.05) is 6.07 Å². The fourth-order valence-electron chi connectivity index (χ4n) is 3.07. The Bertz CT molecular complexity index is 604. The molecule has 2 aromatic rings. The fourth-order valence-corrected chi connectivity index (χ4v) is 3.07. The van der Waals surface area contributed by atoms with Gasteiger partial charge < -0.3 is 15.3 Å². The van der Waals surface area contributed by atoms with Crippen LogP contribution < -0.4 is 10.2 Å². The molecule has 122 valence electrons. The largest absolute Gasteiger partial charge is 0.392 e. The van der Waals surface area contributed by atoms with Crippen LogP contribution in [0.4, 0.5) is 11.4 Å². The van der Waals surface area contributed by atoms with Crippen LogP contribution in [-0.2, 0) is 13.2 Å². The van der Waals surface area contributed by atoms with Crippen LogP contribution in [0.25, 0.3) is 0 Å². The van der Waals surface area contributed by atoms with Crippen molar-refractivity contribution >= 4 is 11.4 Å². The molecular formula is C19H25N3O. The smallest absolute Gasteiger partial charge is 0.0703 e. The minimum absolute atomic E-state index is 0.0265. The molecule has 4 nitrogen and oxygen atoms in total. The molecule has 1 aliphatic heterocycles. The SMILES string of the molecule is OCc1ccncc1NCc1ccc(N2CCCCCC2)cc1. The molecule has 2 N–H and O–H groups in total. The summed E-state index contributed by atoms with van der Waals surface area (Å²) in [6.45, 7) is 3.11. The van der Waals surface area contributed by atoms with Gasteiger partial charge in [-0.15, -0.1) is 0 Å². The minimum Gasteiger partial charge on any atom is -0.392 e. The van der Waals surface area contributed by atoms with Crippen LogP contribution in [0.15, 0.2) is 42.7 Å². The Balaban J connectivity index is 1.61. The first-order chi connectivity index (χ1) is 11.4. The van der Waals surface area contributed by atoms with Crippen LogP contribution in [0, 0.1) is 0 Å². The van der Waals surface area contributed by atoms with Gasteiger partial charge in [0, 0.05) is 37.1 Å². The third-order valence-electron chi connectivity index (χ3n) is 4.47. The second kappa shape index (κ2) is 7.97. The predicted octanol–water partition coefficient (Wildman–Crippen LogP) is 3.57. The Morgan fingerprint density at radius 2 is 1.74 bits per heavy atom. The van der Waals surface area contributed by atoms with E-state index in [-0.39, 0.29) is 6.61 Å². The van der Waals surface area contributed by atoms with Gasteiger partial charge >= 0.3 is 0 Å². The summed E-state index contributed by atoms with van der Waals surface area (Å²) < 4.78 is 0. The Morgan fingerprint density at radius 1 is 1.00 bits per heavy atom. The lowest BCUT2D eigenvalue weighted by Gasteiger charge is -2.22. The number of rotatable bonds is 5. The van der Waals surface area contributed by atoms with Gasteiger partial charge in [0.05, 0.1) is 18.5 Å². The Hall–Kier alpha value is -2.07. The van der Waals surface area contributed by atoms with Gasteiger partial charge in [-0.1, -0.05) is 25.0 Å². The molecule has 0 spiro atoms. The zero-order chi connectivity index (χ0) is 15.9. The summed E-state index contributed by atoms with van der Waals surface area (Å²) in [6.07, 6.45) is 8.78. The Labute approximate surface area is 138 Å². The topological polar surface area (TPSA) is 48.4 Å². The third kappa shape index (κ3) is 4.23. The van der Waals surface area contributed by atoms with Crippen molar-refractivity contribution in [2.24, 2.45) is 0 Å². The van der Waals surface area contributed by atoms with Crippen molar-refractivity contribution in [3.63, 3.8) is 0 Å². The molecule has 0 aliphatic carbocycles. The number of nitrogens with zero attached hydrogens (tertiary/aromatic N) is 2. The van der Waals surface area contributed by atoms with Crippen LogP contribution in [0.5, 0.6) is 0 Å². The maximum absolute atomic E-state index is 9.35. The van der Waals surface area contributed by atoms with Crippen molar-refractivity contribution in [2.75, 3.05) is 23.3 Å². The van der Waals surface area contributed by atoms with Gasteiger partial charge in [-0.2, -0.15) is 0 Å². The molecule has 1 aromatic heterocycles. The summed E-state index contributed by atoms with van der Waals surface area (Å²) in [5.41, 5.74) is 4.33. The highest BCUT2D eigenvalue weighted by molar-refractivity contribution is 5.51. The number of pyridine rings is 1. The van der Waals surface area contributed by atoms with Gasteiger partial charge in [-0.3, -0.25) is 4.98 Å². The van der Waals surface area contributed by atoms with Gasteiger partial charge in [0.2, 0.25) is 0 Å². The molecule has 23 heavy (non-hydrogen) atoms. The van der Waals surface area contributed by atoms with Crippen molar-refractivity contribution < 1.29 is 5.11 Å². The Morgan fingerprint density at radius 3 is 2.43 bits per heavy atom. The summed E-state index contributed by atoms with van der Waals surface area (Å²) in [6, 6.07) is 10.6. The number of hydrogen-bond acceptors (Lipinski definition) is 4. The van der Waals surface area contributed by atoms with Crippen molar-refractivity contribution in [1.82, 2.24) is 4.98 Å². The number of hydrogen-bond donors (Lipinski definition) is 2. The van der Waals surface area contributed by atoms with Gasteiger partial charge in [-0.05, 0) is 36.6 Å². The van der Waals surface area contributed by atoms with Gasteiger partial charge in [-0.25, -0.2) is 0 Å². The summed E-state index contributed by atoms with van der Waals surface area (Å²) in [5, 5.41) is 12.7. The highest BCUT2D eigenvalue weighted by Crippen LogP contribution is 2.21. The van der Waals surface area contributed by atoms with Gasteiger partial charge in [0.25, 0.3) is 0 Å². The number of benzene rings is 1. The zero-order valence-electron chi connectivity index (χ0n) is 13.5. The zero-order valence-corrected chi connectivity index (χ0v) is 13.5. The van der Waals surface area contributed by atoms with E-state index in [4.69, 9.17) is 0 Å². The first-order valence-electron chi connectivity index (χ1n) is 8.48. The summed E-state index contributed by atoms with van der Waals surface area (Å²) in [5.74, 6) is 0. The standard InChI is InChI=1S/C19H25N3O/c23-15-17-9-10-20-14-19(17)21-13-16-5-7-18(8-6-16)22-11-3-1-2-4-12-22/h5-10,14,21,23H,1-4,11-13,15H2. The maximum Gasteiger partial charge on any atom is 0.0703 e. The summed E-state index contributed by atoms with van der Waals surface area (Å²) in [7, 11) is 0. The molecule has 2 heterocycles. The van der Waals surface area contributed by atoms with Crippen LogP contribution >= 0.6 is 0 Å². The monoisotopic (exact) mass is 311 g/mol. The first-order valence-corrected chi connectivity index (χ1v) is 8.48. The summed E-state index contributed by atoms with van der Waals surface area (Å²) >= 11 is 0. The van der Waals surface area contributed by atoms with Crippen molar-refractivity contribution in [3.05, 3.63) is 53.9 Å². The molecular weight excluding hydrogens is 286 g/mol. The average Bonchev–Trinajstić information content (AvgIpc) is 2.90. The molecule has 1 fully saturated rings. The van der Waals surface area contributed by atoms with Crippen LogP contribution in [0.2, 0.25) is 0 Å². The van der Waals surface area contributed by atoms with Crippen LogP contribution in [0.3, 0.4) is 0 Å². The van der Waals surface area contributed by atoms with E-state index in [9.17, 15) is 5.11 Å². The third-order valence-corrected chi connectivity index (χ3v) is 4.47. The minimum atomic E-state index is 0.0265. The van der Waals surface area contributed by atoms with E-state index in [2.05, 4.69) is 39.5 Å². The second-order valence-electron chi connectivity index (χ2n) is 6.11. The van der Waals surface area contributed by atoms with E-state index in [1.165, 1.54) is 50.0 Å². The van der Waals surface area contributed by atoms with E-state index < -0.39 is 0 Å². The highest BCUT2D eigenvalue weighted by Gasteiger charge is 2.09. The maximum atomic E-state index is 9.35. The molecule has 1 aliphatic rings. The van der Waals surface area contributed by atoms with E-state index >= 15 is 0 Å². The quantitative estimate of drug-likeness (QED) is 0.886. The summed E-state index contributed by atoms with van der Waals surface area (Å²) in [4.78, 5) is 6.60. The normalized spacial score (nSPS) is 15.3. The van der Waals surface area contributed by atoms with E-state index in [1.54, 1.807) is 12.4 Å². The number of nitrogens with one attached hydrogen (secondary N) is 1. The number of aromatic nitrogens is 1. The molecule has 0 saturated carbocycles. The van der Waals surface area contributed by atoms with Crippen molar-refractivity contribution in [1.29, 1.82) is 0 Å². The fraction of sp³-hybridized carbons (Fsp3) is 0.421. The molecule has 1 saturated heterocycles. The van der Waals surface area contributed by atoms with Gasteiger partial charge in [0.15, 0.2) is 0 Å². The molecule has 4 heteroatoms. The van der Waals surface area contributed by atoms with Crippen LogP contribution in [0.1, 0.15) is 36.8 Å². The lowest BCUT2D eigenvalue weighted by molar-refractivity contribution is 0.282. The molecule has 3 rings (SSSR count). The Kier molecular flexibility index (Phi) is 5.48. The van der Waals surface area contributed by atoms with E-state index in [0.29, 0.717) is 0 Å². The molecule has 0 unspecified atom stereocenters. The first kappa shape index (κ1) is 15.8. The predicted molar refractivity (Wildman–Crippen MR) is 94.6 cm³/mol. The number of aliphatic hydroxyl groups is 1.